The quantitative estimate of drug-likeness (QED) is 0.397. The smallest absolute Gasteiger partial charge is 0.260 e. The molecule has 0 aliphatic rings. The van der Waals surface area contributed by atoms with Crippen LogP contribution in [0.1, 0.15) is 5.56 Å². The Balaban J connectivity index is 2.13. The maximum absolute atomic E-state index is 4.81. The second-order valence-corrected chi connectivity index (χ2v) is 6.73. The molecular formula is C18H14N3S+. The van der Waals surface area contributed by atoms with Crippen molar-refractivity contribution in [1.29, 1.82) is 0 Å². The van der Waals surface area contributed by atoms with Crippen molar-refractivity contribution in [1.82, 2.24) is 9.55 Å². The predicted octanol–water partition coefficient (Wildman–Crippen LogP) is 3.99. The number of thiazole rings is 1. The van der Waals surface area contributed by atoms with Gasteiger partial charge >= 0.3 is 4.96 Å². The average molecular weight is 304 g/mol. The zero-order valence-electron chi connectivity index (χ0n) is 12.4. The van der Waals surface area contributed by atoms with Gasteiger partial charge in [-0.2, -0.15) is 4.40 Å². The van der Waals surface area contributed by atoms with Crippen LogP contribution in [0.4, 0.5) is 0 Å². The first kappa shape index (κ1) is 12.1. The summed E-state index contributed by atoms with van der Waals surface area (Å²) in [4.78, 5) is 5.87. The van der Waals surface area contributed by atoms with Crippen LogP contribution in [-0.2, 0) is 7.05 Å². The molecule has 5 aromatic rings. The number of aryl methyl sites for hydroxylation is 2. The minimum Gasteiger partial charge on any atom is -0.260 e. The molecule has 0 spiro atoms. The summed E-state index contributed by atoms with van der Waals surface area (Å²) in [6.45, 7) is 2.15. The third-order valence-corrected chi connectivity index (χ3v) is 5.36. The lowest BCUT2D eigenvalue weighted by Gasteiger charge is -2.03. The van der Waals surface area contributed by atoms with Crippen molar-refractivity contribution in [2.45, 2.75) is 6.92 Å². The fraction of sp³-hybridized carbons (Fsp3) is 0.111. The summed E-state index contributed by atoms with van der Waals surface area (Å²) in [7, 11) is 2.14. The molecule has 2 aromatic carbocycles. The normalized spacial score (nSPS) is 12.1. The van der Waals surface area contributed by atoms with E-state index >= 15 is 0 Å². The van der Waals surface area contributed by atoms with Gasteiger partial charge in [0.25, 0.3) is 5.65 Å². The molecule has 0 fully saturated rings. The molecular weight excluding hydrogens is 290 g/mol. The molecule has 5 rings (SSSR count). The van der Waals surface area contributed by atoms with Crippen LogP contribution < -0.4 is 4.40 Å². The zero-order chi connectivity index (χ0) is 14.8. The van der Waals surface area contributed by atoms with Gasteiger partial charge in [0.2, 0.25) is 0 Å². The number of imidazole rings is 1. The minimum atomic E-state index is 1.06. The molecule has 0 N–H and O–H groups in total. The van der Waals surface area contributed by atoms with Gasteiger partial charge in [-0.1, -0.05) is 46.7 Å². The molecule has 3 aromatic heterocycles. The Hall–Kier alpha value is -2.46. The molecule has 22 heavy (non-hydrogen) atoms. The Bertz CT molecular complexity index is 1200. The highest BCUT2D eigenvalue weighted by atomic mass is 32.1. The molecule has 0 aliphatic carbocycles. The third-order valence-electron chi connectivity index (χ3n) is 4.38. The van der Waals surface area contributed by atoms with Gasteiger partial charge < -0.3 is 0 Å². The Morgan fingerprint density at radius 2 is 1.95 bits per heavy atom. The van der Waals surface area contributed by atoms with Crippen molar-refractivity contribution in [3.8, 4) is 0 Å². The van der Waals surface area contributed by atoms with E-state index in [0.717, 1.165) is 10.5 Å². The zero-order valence-corrected chi connectivity index (χ0v) is 13.2. The molecule has 0 amide bonds. The Labute approximate surface area is 131 Å². The standard InChI is InChI=1S/C18H14N3S/c1-11-6-5-8-13-16(11)21-17-15(22-18(21)19-13)10-12-7-3-4-9-14(12)20(17)2/h3-10H,1-2H3/q+1. The van der Waals surface area contributed by atoms with E-state index in [-0.39, 0.29) is 0 Å². The highest BCUT2D eigenvalue weighted by Crippen LogP contribution is 2.28. The first-order valence-electron chi connectivity index (χ1n) is 7.32. The lowest BCUT2D eigenvalue weighted by molar-refractivity contribution is -0.449. The van der Waals surface area contributed by atoms with Crippen LogP contribution >= 0.6 is 11.3 Å². The summed E-state index contributed by atoms with van der Waals surface area (Å²) >= 11 is 1.76. The minimum absolute atomic E-state index is 1.06. The Morgan fingerprint density at radius 1 is 1.09 bits per heavy atom. The molecule has 0 saturated carbocycles. The third kappa shape index (κ3) is 1.40. The van der Waals surface area contributed by atoms with Gasteiger partial charge in [-0.3, -0.25) is 4.57 Å². The van der Waals surface area contributed by atoms with Gasteiger partial charge in [0.1, 0.15) is 10.2 Å². The second-order valence-electron chi connectivity index (χ2n) is 5.72. The summed E-state index contributed by atoms with van der Waals surface area (Å²) in [6, 6.07) is 17.1. The Morgan fingerprint density at radius 3 is 2.86 bits per heavy atom. The summed E-state index contributed by atoms with van der Waals surface area (Å²) in [5, 5.41) is 1.27. The highest BCUT2D eigenvalue weighted by molar-refractivity contribution is 7.23. The first-order valence-corrected chi connectivity index (χ1v) is 8.14. The van der Waals surface area contributed by atoms with Crippen LogP contribution in [-0.4, -0.2) is 9.55 Å². The number of pyridine rings is 1. The van der Waals surface area contributed by atoms with E-state index in [1.165, 1.54) is 32.3 Å². The molecule has 3 heterocycles. The van der Waals surface area contributed by atoms with Gasteiger partial charge in [-0.25, -0.2) is 0 Å². The molecule has 0 radical (unpaired) electrons. The van der Waals surface area contributed by atoms with Gasteiger partial charge in [-0.05, 0) is 30.7 Å². The monoisotopic (exact) mass is 304 g/mol. The second kappa shape index (κ2) is 4.05. The molecule has 0 atom stereocenters. The Kier molecular flexibility index (Phi) is 2.23. The number of aromatic nitrogens is 3. The molecule has 0 bridgehead atoms. The van der Waals surface area contributed by atoms with Gasteiger partial charge in [-0.15, -0.1) is 0 Å². The molecule has 106 valence electrons. The van der Waals surface area contributed by atoms with Crippen LogP contribution in [0.2, 0.25) is 0 Å². The largest absolute Gasteiger partial charge is 0.327 e. The fourth-order valence-corrected chi connectivity index (χ4v) is 4.49. The lowest BCUT2D eigenvalue weighted by atomic mass is 10.2. The van der Waals surface area contributed by atoms with Crippen LogP contribution in [0.5, 0.6) is 0 Å². The van der Waals surface area contributed by atoms with Gasteiger partial charge in [0.05, 0.1) is 7.05 Å². The number of hydrogen-bond acceptors (Lipinski definition) is 2. The number of hydrogen-bond donors (Lipinski definition) is 0. The number of nitrogens with zero attached hydrogens (tertiary/aromatic N) is 3. The summed E-state index contributed by atoms with van der Waals surface area (Å²) < 4.78 is 5.85. The first-order chi connectivity index (χ1) is 10.7. The topological polar surface area (TPSA) is 21.9 Å². The molecule has 0 aliphatic heterocycles. The molecule has 3 nitrogen and oxygen atoms in total. The van der Waals surface area contributed by atoms with E-state index in [2.05, 4.69) is 71.5 Å². The van der Waals surface area contributed by atoms with E-state index in [0.29, 0.717) is 0 Å². The van der Waals surface area contributed by atoms with Crippen molar-refractivity contribution in [2.24, 2.45) is 7.05 Å². The number of fused-ring (bicyclic) bond motifs is 6. The SMILES string of the molecule is Cc1cccc2nc3sc4cc5ccccc5n(C)c4[n+]3c12. The van der Waals surface area contributed by atoms with E-state index < -0.39 is 0 Å². The van der Waals surface area contributed by atoms with Crippen molar-refractivity contribution >= 4 is 48.6 Å². The van der Waals surface area contributed by atoms with Crippen LogP contribution in [0.3, 0.4) is 0 Å². The van der Waals surface area contributed by atoms with E-state index in [9.17, 15) is 0 Å². The van der Waals surface area contributed by atoms with E-state index in [1.807, 2.05) is 0 Å². The van der Waals surface area contributed by atoms with Crippen LogP contribution in [0.25, 0.3) is 37.2 Å². The summed E-state index contributed by atoms with van der Waals surface area (Å²) in [5.41, 5.74) is 6.01. The van der Waals surface area contributed by atoms with Crippen LogP contribution in [0.15, 0.2) is 48.5 Å². The summed E-state index contributed by atoms with van der Waals surface area (Å²) in [5.74, 6) is 0. The maximum Gasteiger partial charge on any atom is 0.327 e. The number of rotatable bonds is 0. The van der Waals surface area contributed by atoms with Crippen LogP contribution in [0, 0.1) is 6.92 Å². The van der Waals surface area contributed by atoms with Crippen molar-refractivity contribution in [3.05, 3.63) is 54.1 Å². The highest BCUT2D eigenvalue weighted by Gasteiger charge is 2.22. The van der Waals surface area contributed by atoms with Gasteiger partial charge in [0, 0.05) is 5.39 Å². The van der Waals surface area contributed by atoms with Crippen molar-refractivity contribution < 1.29 is 4.40 Å². The maximum atomic E-state index is 4.81. The predicted molar refractivity (Wildman–Crippen MR) is 91.5 cm³/mol. The lowest BCUT2D eigenvalue weighted by Crippen LogP contribution is -2.21. The van der Waals surface area contributed by atoms with Crippen molar-refractivity contribution in [2.75, 3.05) is 0 Å². The summed E-state index contributed by atoms with van der Waals surface area (Å²) in [6.07, 6.45) is 0. The van der Waals surface area contributed by atoms with Gasteiger partial charge in [0.15, 0.2) is 11.0 Å². The van der Waals surface area contributed by atoms with Crippen molar-refractivity contribution in [3.63, 3.8) is 0 Å². The fourth-order valence-electron chi connectivity index (χ4n) is 3.37. The number of para-hydroxylation sites is 2. The molecule has 0 saturated heterocycles. The number of benzene rings is 2. The average Bonchev–Trinajstić information content (AvgIpc) is 3.03. The molecule has 0 unspecified atom stereocenters. The van der Waals surface area contributed by atoms with E-state index in [1.54, 1.807) is 11.3 Å². The molecule has 4 heteroatoms. The van der Waals surface area contributed by atoms with E-state index in [4.69, 9.17) is 4.98 Å².